The molecule has 4 nitrogen and oxygen atoms in total. The van der Waals surface area contributed by atoms with Crippen molar-refractivity contribution in [1.29, 1.82) is 0 Å². The molecule has 2 aromatic rings. The topological polar surface area (TPSA) is 50.7 Å². The molecule has 0 radical (unpaired) electrons. The van der Waals surface area contributed by atoms with E-state index in [4.69, 9.17) is 0 Å². The number of pyridine rings is 1. The molecule has 2 aromatic heterocycles. The van der Waals surface area contributed by atoms with Gasteiger partial charge in [0.25, 0.3) is 0 Å². The van der Waals surface area contributed by atoms with Crippen molar-refractivity contribution in [3.63, 3.8) is 0 Å². The molecule has 3 heterocycles. The highest BCUT2D eigenvalue weighted by molar-refractivity contribution is 7.99. The Bertz CT molecular complexity index is 525. The van der Waals surface area contributed by atoms with Crippen LogP contribution in [-0.2, 0) is 0 Å². The number of fused-ring (bicyclic) bond motifs is 1. The number of aromatic nitrogens is 3. The van der Waals surface area contributed by atoms with E-state index >= 15 is 0 Å². The van der Waals surface area contributed by atoms with Gasteiger partial charge in [-0.3, -0.25) is 4.98 Å². The highest BCUT2D eigenvalue weighted by Gasteiger charge is 2.13. The van der Waals surface area contributed by atoms with E-state index in [0.717, 1.165) is 23.8 Å². The summed E-state index contributed by atoms with van der Waals surface area (Å²) in [6.07, 6.45) is 5.99. The first kappa shape index (κ1) is 11.7. The first-order chi connectivity index (χ1) is 8.92. The molecule has 0 aliphatic carbocycles. The number of thioether (sulfide) groups is 1. The number of anilines is 1. The van der Waals surface area contributed by atoms with Crippen LogP contribution in [0.1, 0.15) is 12.8 Å². The van der Waals surface area contributed by atoms with Crippen LogP contribution < -0.4 is 5.32 Å². The minimum atomic E-state index is 0.710. The average molecular weight is 260 g/mol. The molecule has 0 aromatic carbocycles. The molecule has 1 saturated heterocycles. The predicted octanol–water partition coefficient (Wildman–Crippen LogP) is 2.58. The van der Waals surface area contributed by atoms with Crippen LogP contribution in [-0.4, -0.2) is 33.0 Å². The Morgan fingerprint density at radius 2 is 2.00 bits per heavy atom. The monoisotopic (exact) mass is 260 g/mol. The third kappa shape index (κ3) is 2.72. The van der Waals surface area contributed by atoms with Crippen LogP contribution in [0.2, 0.25) is 0 Å². The van der Waals surface area contributed by atoms with Gasteiger partial charge < -0.3 is 5.32 Å². The van der Waals surface area contributed by atoms with Gasteiger partial charge in [-0.2, -0.15) is 11.8 Å². The maximum atomic E-state index is 4.47. The molecule has 3 rings (SSSR count). The van der Waals surface area contributed by atoms with Gasteiger partial charge in [-0.05, 0) is 42.4 Å². The molecule has 18 heavy (non-hydrogen) atoms. The summed E-state index contributed by atoms with van der Waals surface area (Å²) in [5, 5.41) is 3.42. The molecule has 5 heteroatoms. The van der Waals surface area contributed by atoms with Gasteiger partial charge in [-0.1, -0.05) is 0 Å². The van der Waals surface area contributed by atoms with Crippen molar-refractivity contribution in [3.05, 3.63) is 24.5 Å². The van der Waals surface area contributed by atoms with Crippen molar-refractivity contribution in [1.82, 2.24) is 15.0 Å². The van der Waals surface area contributed by atoms with Crippen LogP contribution >= 0.6 is 11.8 Å². The van der Waals surface area contributed by atoms with Crippen LogP contribution in [0.15, 0.2) is 24.5 Å². The first-order valence-electron chi connectivity index (χ1n) is 6.31. The maximum Gasteiger partial charge on any atom is 0.180 e. The molecular weight excluding hydrogens is 244 g/mol. The second kappa shape index (κ2) is 5.52. The van der Waals surface area contributed by atoms with E-state index in [-0.39, 0.29) is 0 Å². The Kier molecular flexibility index (Phi) is 3.59. The SMILES string of the molecule is c1cnc2nc(NCC3CCSCC3)ccc2n1. The number of nitrogens with one attached hydrogen (secondary N) is 1. The number of nitrogens with zero attached hydrogens (tertiary/aromatic N) is 3. The van der Waals surface area contributed by atoms with Gasteiger partial charge in [0, 0.05) is 18.9 Å². The summed E-state index contributed by atoms with van der Waals surface area (Å²) >= 11 is 2.06. The third-order valence-electron chi connectivity index (χ3n) is 3.24. The summed E-state index contributed by atoms with van der Waals surface area (Å²) in [5.74, 6) is 4.28. The van der Waals surface area contributed by atoms with Crippen LogP contribution in [0.3, 0.4) is 0 Å². The molecule has 94 valence electrons. The zero-order valence-corrected chi connectivity index (χ0v) is 11.0. The molecule has 1 fully saturated rings. The Balaban J connectivity index is 1.66. The van der Waals surface area contributed by atoms with E-state index in [2.05, 4.69) is 32.0 Å². The Hall–Kier alpha value is -1.36. The van der Waals surface area contributed by atoms with E-state index in [1.165, 1.54) is 24.3 Å². The van der Waals surface area contributed by atoms with Crippen molar-refractivity contribution in [3.8, 4) is 0 Å². The lowest BCUT2D eigenvalue weighted by Crippen LogP contribution is -2.19. The number of rotatable bonds is 3. The van der Waals surface area contributed by atoms with Crippen molar-refractivity contribution >= 4 is 28.7 Å². The normalized spacial score (nSPS) is 16.9. The second-order valence-corrected chi connectivity index (χ2v) is 5.76. The van der Waals surface area contributed by atoms with Gasteiger partial charge in [-0.15, -0.1) is 0 Å². The highest BCUT2D eigenvalue weighted by atomic mass is 32.2. The van der Waals surface area contributed by atoms with Crippen molar-refractivity contribution in [2.24, 2.45) is 5.92 Å². The van der Waals surface area contributed by atoms with Crippen molar-refractivity contribution in [2.75, 3.05) is 23.4 Å². The summed E-state index contributed by atoms with van der Waals surface area (Å²) in [4.78, 5) is 12.9. The van der Waals surface area contributed by atoms with Crippen LogP contribution in [0, 0.1) is 5.92 Å². The lowest BCUT2D eigenvalue weighted by Gasteiger charge is -2.21. The number of hydrogen-bond acceptors (Lipinski definition) is 5. The lowest BCUT2D eigenvalue weighted by molar-refractivity contribution is 0.515. The first-order valence-corrected chi connectivity index (χ1v) is 7.47. The van der Waals surface area contributed by atoms with Crippen molar-refractivity contribution < 1.29 is 0 Å². The molecule has 0 unspecified atom stereocenters. The summed E-state index contributed by atoms with van der Waals surface area (Å²) in [7, 11) is 0. The predicted molar refractivity (Wildman–Crippen MR) is 75.9 cm³/mol. The van der Waals surface area contributed by atoms with Gasteiger partial charge >= 0.3 is 0 Å². The van der Waals surface area contributed by atoms with E-state index < -0.39 is 0 Å². The van der Waals surface area contributed by atoms with E-state index in [1.54, 1.807) is 12.4 Å². The van der Waals surface area contributed by atoms with Gasteiger partial charge in [0.05, 0.1) is 0 Å². The molecule has 1 aliphatic rings. The Morgan fingerprint density at radius 3 is 2.89 bits per heavy atom. The minimum absolute atomic E-state index is 0.710. The average Bonchev–Trinajstić information content (AvgIpc) is 2.46. The molecule has 0 spiro atoms. The van der Waals surface area contributed by atoms with Gasteiger partial charge in [0.2, 0.25) is 0 Å². The molecule has 0 bridgehead atoms. The highest BCUT2D eigenvalue weighted by Crippen LogP contribution is 2.23. The van der Waals surface area contributed by atoms with Crippen molar-refractivity contribution in [2.45, 2.75) is 12.8 Å². The minimum Gasteiger partial charge on any atom is -0.370 e. The zero-order valence-electron chi connectivity index (χ0n) is 10.2. The van der Waals surface area contributed by atoms with Gasteiger partial charge in [0.15, 0.2) is 5.65 Å². The summed E-state index contributed by atoms with van der Waals surface area (Å²) in [5.41, 5.74) is 1.55. The van der Waals surface area contributed by atoms with Crippen LogP contribution in [0.25, 0.3) is 11.2 Å². The van der Waals surface area contributed by atoms with Gasteiger partial charge in [-0.25, -0.2) is 9.97 Å². The van der Waals surface area contributed by atoms with Crippen LogP contribution in [0.4, 0.5) is 5.82 Å². The van der Waals surface area contributed by atoms with E-state index in [9.17, 15) is 0 Å². The van der Waals surface area contributed by atoms with Gasteiger partial charge in [0.1, 0.15) is 11.3 Å². The Labute approximate surface area is 111 Å². The molecular formula is C13H16N4S. The maximum absolute atomic E-state index is 4.47. The largest absolute Gasteiger partial charge is 0.370 e. The quantitative estimate of drug-likeness (QED) is 0.919. The second-order valence-electron chi connectivity index (χ2n) is 4.53. The zero-order chi connectivity index (χ0) is 12.2. The third-order valence-corrected chi connectivity index (χ3v) is 4.29. The Morgan fingerprint density at radius 1 is 1.17 bits per heavy atom. The van der Waals surface area contributed by atoms with E-state index in [0.29, 0.717) is 5.65 Å². The summed E-state index contributed by atoms with van der Waals surface area (Å²) in [6.45, 7) is 1.01. The number of hydrogen-bond donors (Lipinski definition) is 1. The molecule has 0 atom stereocenters. The fourth-order valence-corrected chi connectivity index (χ4v) is 3.36. The van der Waals surface area contributed by atoms with E-state index in [1.807, 2.05) is 12.1 Å². The fraction of sp³-hybridized carbons (Fsp3) is 0.462. The molecule has 1 aliphatic heterocycles. The smallest absolute Gasteiger partial charge is 0.180 e. The molecule has 0 amide bonds. The molecule has 0 saturated carbocycles. The van der Waals surface area contributed by atoms with Crippen LogP contribution in [0.5, 0.6) is 0 Å². The molecule has 1 N–H and O–H groups in total. The lowest BCUT2D eigenvalue weighted by atomic mass is 10.0. The summed E-state index contributed by atoms with van der Waals surface area (Å²) in [6, 6.07) is 3.95. The summed E-state index contributed by atoms with van der Waals surface area (Å²) < 4.78 is 0. The standard InChI is InChI=1S/C13H16N4S/c1-2-12(16-9-10-3-7-18-8-4-10)17-13-11(1)14-5-6-15-13/h1-2,5-6,10H,3-4,7-9H2,(H,15,16,17). The fourth-order valence-electron chi connectivity index (χ4n) is 2.15.